The number of rotatable bonds is 4. The Hall–Kier alpha value is -2.15. The van der Waals surface area contributed by atoms with Crippen LogP contribution in [0.3, 0.4) is 0 Å². The van der Waals surface area contributed by atoms with Crippen LogP contribution in [0.15, 0.2) is 46.0 Å². The second-order valence-electron chi connectivity index (χ2n) is 4.12. The van der Waals surface area contributed by atoms with E-state index in [9.17, 15) is 8.78 Å². The quantitative estimate of drug-likeness (QED) is 0.381. The lowest BCUT2D eigenvalue weighted by Crippen LogP contribution is -2.17. The number of hydrogen-bond acceptors (Lipinski definition) is 3. The van der Waals surface area contributed by atoms with Gasteiger partial charge in [-0.15, -0.1) is 0 Å². The third-order valence-corrected chi connectivity index (χ3v) is 3.48. The summed E-state index contributed by atoms with van der Waals surface area (Å²) in [6.07, 6.45) is 0. The largest absolute Gasteiger partial charge is 0.488 e. The van der Waals surface area contributed by atoms with E-state index in [0.29, 0.717) is 10.0 Å². The first-order valence-corrected chi connectivity index (χ1v) is 6.65. The van der Waals surface area contributed by atoms with Gasteiger partial charge in [0.25, 0.3) is 0 Å². The monoisotopic (exact) mass is 356 g/mol. The summed E-state index contributed by atoms with van der Waals surface area (Å²) in [6.45, 7) is 0.0655. The molecule has 0 amide bonds. The van der Waals surface area contributed by atoms with Crippen LogP contribution < -0.4 is 10.5 Å². The predicted molar refractivity (Wildman–Crippen MR) is 77.3 cm³/mol. The zero-order valence-electron chi connectivity index (χ0n) is 10.7. The molecule has 0 radical (unpaired) electrons. The Labute approximate surface area is 128 Å². The second-order valence-corrected chi connectivity index (χ2v) is 4.98. The maximum absolute atomic E-state index is 13.7. The fourth-order valence-corrected chi connectivity index (χ4v) is 2.18. The van der Waals surface area contributed by atoms with Gasteiger partial charge in [0, 0.05) is 10.0 Å². The summed E-state index contributed by atoms with van der Waals surface area (Å²) in [6, 6.07) is 8.25. The van der Waals surface area contributed by atoms with Gasteiger partial charge in [0.2, 0.25) is 0 Å². The summed E-state index contributed by atoms with van der Waals surface area (Å²) in [4.78, 5) is 0. The summed E-state index contributed by atoms with van der Waals surface area (Å²) in [5, 5.41) is 11.5. The van der Waals surface area contributed by atoms with Crippen molar-refractivity contribution in [1.82, 2.24) is 0 Å². The normalized spacial score (nSPS) is 11.5. The molecule has 2 aromatic rings. The summed E-state index contributed by atoms with van der Waals surface area (Å²) in [5.74, 6) is -1.31. The molecule has 7 heteroatoms. The molecule has 0 heterocycles. The highest BCUT2D eigenvalue weighted by Crippen LogP contribution is 2.24. The van der Waals surface area contributed by atoms with Crippen molar-refractivity contribution in [3.05, 3.63) is 63.6 Å². The summed E-state index contributed by atoms with van der Waals surface area (Å²) >= 11 is 3.21. The molecule has 110 valence electrons. The highest BCUT2D eigenvalue weighted by atomic mass is 79.9. The van der Waals surface area contributed by atoms with Crippen LogP contribution in [0.2, 0.25) is 0 Å². The average Bonchev–Trinajstić information content (AvgIpc) is 2.45. The van der Waals surface area contributed by atoms with Gasteiger partial charge in [0.05, 0.1) is 5.56 Å². The third kappa shape index (κ3) is 3.49. The van der Waals surface area contributed by atoms with E-state index in [0.717, 1.165) is 0 Å². The molecule has 3 N–H and O–H groups in total. The minimum atomic E-state index is -0.666. The molecule has 4 nitrogen and oxygen atoms in total. The van der Waals surface area contributed by atoms with Gasteiger partial charge >= 0.3 is 0 Å². The molecule has 0 aliphatic carbocycles. The number of benzene rings is 2. The minimum absolute atomic E-state index is 0.0655. The van der Waals surface area contributed by atoms with Crippen molar-refractivity contribution in [1.29, 1.82) is 0 Å². The number of ether oxygens (including phenoxy) is 1. The second kappa shape index (κ2) is 6.53. The van der Waals surface area contributed by atoms with E-state index in [2.05, 4.69) is 21.1 Å². The molecule has 0 bridgehead atoms. The molecular weight excluding hydrogens is 346 g/mol. The van der Waals surface area contributed by atoms with E-state index in [4.69, 9.17) is 15.7 Å². The Morgan fingerprint density at radius 1 is 1.29 bits per heavy atom. The number of oxime groups is 1. The lowest BCUT2D eigenvalue weighted by Gasteiger charge is -2.12. The number of hydrogen-bond donors (Lipinski definition) is 2. The van der Waals surface area contributed by atoms with Crippen molar-refractivity contribution in [2.24, 2.45) is 10.9 Å². The van der Waals surface area contributed by atoms with Crippen LogP contribution in [0.25, 0.3) is 0 Å². The van der Waals surface area contributed by atoms with Crippen LogP contribution in [0.5, 0.6) is 5.75 Å². The fourth-order valence-electron chi connectivity index (χ4n) is 1.72. The van der Waals surface area contributed by atoms with Gasteiger partial charge in [-0.2, -0.15) is 0 Å². The molecule has 0 saturated carbocycles. The van der Waals surface area contributed by atoms with Crippen LogP contribution in [0.1, 0.15) is 11.1 Å². The van der Waals surface area contributed by atoms with Gasteiger partial charge in [0.1, 0.15) is 24.0 Å². The smallest absolute Gasteiger partial charge is 0.176 e. The first-order chi connectivity index (χ1) is 10.0. The first kappa shape index (κ1) is 15.2. The lowest BCUT2D eigenvalue weighted by molar-refractivity contribution is 0.300. The van der Waals surface area contributed by atoms with Crippen LogP contribution in [-0.4, -0.2) is 11.0 Å². The number of amidine groups is 1. The van der Waals surface area contributed by atoms with Crippen LogP contribution in [0.4, 0.5) is 8.78 Å². The molecule has 2 rings (SSSR count). The summed E-state index contributed by atoms with van der Waals surface area (Å²) in [7, 11) is 0. The van der Waals surface area contributed by atoms with Crippen molar-refractivity contribution in [2.45, 2.75) is 6.61 Å². The molecule has 2 aromatic carbocycles. The Kier molecular flexibility index (Phi) is 4.74. The van der Waals surface area contributed by atoms with E-state index in [1.807, 2.05) is 0 Å². The Balaban J connectivity index is 2.26. The minimum Gasteiger partial charge on any atom is -0.488 e. The third-order valence-electron chi connectivity index (χ3n) is 2.74. The summed E-state index contributed by atoms with van der Waals surface area (Å²) in [5.41, 5.74) is 5.98. The van der Waals surface area contributed by atoms with Gasteiger partial charge in [0.15, 0.2) is 5.84 Å². The molecule has 0 aliphatic heterocycles. The van der Waals surface area contributed by atoms with Crippen molar-refractivity contribution in [3.8, 4) is 5.75 Å². The number of halogens is 3. The fraction of sp³-hybridized carbons (Fsp3) is 0.0714. The highest BCUT2D eigenvalue weighted by molar-refractivity contribution is 9.10. The SMILES string of the molecule is N/C(=N\O)c1c(F)cccc1OCc1ccc(F)cc1Br. The molecule has 0 aromatic heterocycles. The zero-order chi connectivity index (χ0) is 15.4. The van der Waals surface area contributed by atoms with E-state index in [-0.39, 0.29) is 29.6 Å². The zero-order valence-corrected chi connectivity index (χ0v) is 12.3. The molecule has 0 atom stereocenters. The van der Waals surface area contributed by atoms with E-state index >= 15 is 0 Å². The standard InChI is InChI=1S/C14H11BrF2N2O2/c15-10-6-9(16)5-4-8(10)7-21-12-3-1-2-11(17)13(12)14(18)19-20/h1-6,20H,7H2,(H2,18,19). The lowest BCUT2D eigenvalue weighted by atomic mass is 10.1. The Morgan fingerprint density at radius 3 is 2.71 bits per heavy atom. The highest BCUT2D eigenvalue weighted by Gasteiger charge is 2.14. The Morgan fingerprint density at radius 2 is 2.05 bits per heavy atom. The van der Waals surface area contributed by atoms with Crippen LogP contribution >= 0.6 is 15.9 Å². The van der Waals surface area contributed by atoms with E-state index < -0.39 is 5.82 Å². The van der Waals surface area contributed by atoms with Gasteiger partial charge in [-0.05, 0) is 24.3 Å². The van der Waals surface area contributed by atoms with E-state index in [1.165, 1.54) is 30.3 Å². The van der Waals surface area contributed by atoms with Crippen LogP contribution in [0, 0.1) is 11.6 Å². The van der Waals surface area contributed by atoms with Gasteiger partial charge in [-0.25, -0.2) is 8.78 Å². The van der Waals surface area contributed by atoms with Crippen LogP contribution in [-0.2, 0) is 6.61 Å². The molecule has 0 saturated heterocycles. The number of nitrogens with zero attached hydrogens (tertiary/aromatic N) is 1. The van der Waals surface area contributed by atoms with Gasteiger partial charge < -0.3 is 15.7 Å². The molecule has 0 unspecified atom stereocenters. The predicted octanol–water partition coefficient (Wildman–Crippen LogP) is 3.40. The molecule has 21 heavy (non-hydrogen) atoms. The van der Waals surface area contributed by atoms with Gasteiger partial charge in [-0.1, -0.05) is 33.2 Å². The van der Waals surface area contributed by atoms with E-state index in [1.54, 1.807) is 6.07 Å². The van der Waals surface area contributed by atoms with Crippen molar-refractivity contribution >= 4 is 21.8 Å². The molecule has 0 fully saturated rings. The topological polar surface area (TPSA) is 67.8 Å². The average molecular weight is 357 g/mol. The molecule has 0 spiro atoms. The number of nitrogens with two attached hydrogens (primary N) is 1. The molecule has 0 aliphatic rings. The van der Waals surface area contributed by atoms with Crippen molar-refractivity contribution in [3.63, 3.8) is 0 Å². The molecular formula is C14H11BrF2N2O2. The first-order valence-electron chi connectivity index (χ1n) is 5.86. The Bertz CT molecular complexity index is 693. The van der Waals surface area contributed by atoms with Gasteiger partial charge in [-0.3, -0.25) is 0 Å². The van der Waals surface area contributed by atoms with Crippen molar-refractivity contribution < 1.29 is 18.7 Å². The maximum atomic E-state index is 13.7. The summed E-state index contributed by atoms with van der Waals surface area (Å²) < 4.78 is 32.7. The van der Waals surface area contributed by atoms with Crippen molar-refractivity contribution in [2.75, 3.05) is 0 Å². The maximum Gasteiger partial charge on any atom is 0.176 e.